The van der Waals surface area contributed by atoms with E-state index in [4.69, 9.17) is 4.74 Å². The Morgan fingerprint density at radius 3 is 2.04 bits per heavy atom. The van der Waals surface area contributed by atoms with E-state index in [1.165, 1.54) is 0 Å². The number of hydrogen-bond acceptors (Lipinski definition) is 4. The number of amides is 1. The molecule has 1 atom stereocenters. The maximum atomic E-state index is 13.4. The second kappa shape index (κ2) is 9.89. The summed E-state index contributed by atoms with van der Waals surface area (Å²) in [6.07, 6.45) is 0. The van der Waals surface area contributed by atoms with Crippen molar-refractivity contribution in [1.29, 1.82) is 0 Å². The minimum Gasteiger partial charge on any atom is -0.461 e. The monoisotopic (exact) mass is 392 g/mol. The fourth-order valence-corrected chi connectivity index (χ4v) is 3.63. The van der Waals surface area contributed by atoms with Crippen LogP contribution in [0.25, 0.3) is 0 Å². The molecule has 1 aromatic rings. The predicted octanol–water partition coefficient (Wildman–Crippen LogP) is 4.01. The van der Waals surface area contributed by atoms with Crippen LogP contribution >= 0.6 is 0 Å². The van der Waals surface area contributed by atoms with Crippen molar-refractivity contribution in [2.75, 3.05) is 13.2 Å². The largest absolute Gasteiger partial charge is 0.461 e. The minimum atomic E-state index is -0.600. The van der Waals surface area contributed by atoms with Gasteiger partial charge in [0.2, 0.25) is 5.91 Å². The highest BCUT2D eigenvalue weighted by molar-refractivity contribution is 6.06. The number of rotatable bonds is 9. The molecule has 1 rings (SSSR count). The number of ketones is 1. The number of carbonyl (C=O) groups is 3. The van der Waals surface area contributed by atoms with Crippen LogP contribution in [-0.2, 0) is 16.1 Å². The highest BCUT2D eigenvalue weighted by atomic mass is 16.5. The summed E-state index contributed by atoms with van der Waals surface area (Å²) < 4.78 is 7.02. The van der Waals surface area contributed by atoms with Crippen molar-refractivity contribution in [3.63, 3.8) is 0 Å². The Morgan fingerprint density at radius 2 is 1.61 bits per heavy atom. The third-order valence-corrected chi connectivity index (χ3v) is 4.98. The molecule has 1 unspecified atom stereocenters. The predicted molar refractivity (Wildman–Crippen MR) is 111 cm³/mol. The van der Waals surface area contributed by atoms with Crippen molar-refractivity contribution in [2.24, 2.45) is 11.8 Å². The van der Waals surface area contributed by atoms with Gasteiger partial charge in [0.1, 0.15) is 5.69 Å². The molecule has 0 aliphatic rings. The summed E-state index contributed by atoms with van der Waals surface area (Å²) in [5.74, 6) is -0.538. The quantitative estimate of drug-likeness (QED) is 0.470. The van der Waals surface area contributed by atoms with Gasteiger partial charge in [-0.25, -0.2) is 4.79 Å². The lowest BCUT2D eigenvalue weighted by molar-refractivity contribution is -0.136. The standard InChI is InChI=1S/C22H36N2O4/c1-10-23-16(8)18(15(7)19(23)22(27)28-11-2)20(25)17(9)24(12-13(3)4)21(26)14(5)6/h13-14,17H,10-12H2,1-9H3. The Kier molecular flexibility index (Phi) is 8.46. The fourth-order valence-electron chi connectivity index (χ4n) is 3.63. The van der Waals surface area contributed by atoms with Crippen LogP contribution in [0, 0.1) is 25.7 Å². The van der Waals surface area contributed by atoms with Crippen molar-refractivity contribution in [2.45, 2.75) is 74.9 Å². The van der Waals surface area contributed by atoms with Crippen LogP contribution in [0.15, 0.2) is 0 Å². The van der Waals surface area contributed by atoms with Gasteiger partial charge in [-0.05, 0) is 46.1 Å². The Labute approximate surface area is 169 Å². The average Bonchev–Trinajstić information content (AvgIpc) is 2.87. The number of Topliss-reactive ketones (excluding diaryl/α,β-unsaturated/α-hetero) is 1. The number of hydrogen-bond donors (Lipinski definition) is 0. The van der Waals surface area contributed by atoms with Crippen molar-refractivity contribution in [1.82, 2.24) is 9.47 Å². The van der Waals surface area contributed by atoms with Gasteiger partial charge < -0.3 is 14.2 Å². The summed E-state index contributed by atoms with van der Waals surface area (Å²) in [5.41, 5.74) is 2.29. The zero-order valence-electron chi connectivity index (χ0n) is 18.9. The van der Waals surface area contributed by atoms with Crippen molar-refractivity contribution >= 4 is 17.7 Å². The lowest BCUT2D eigenvalue weighted by atomic mass is 9.98. The van der Waals surface area contributed by atoms with Crippen LogP contribution in [0.1, 0.15) is 80.6 Å². The molecule has 1 amide bonds. The summed E-state index contributed by atoms with van der Waals surface area (Å²) in [6, 6.07) is -0.600. The first-order valence-corrected chi connectivity index (χ1v) is 10.2. The zero-order chi connectivity index (χ0) is 21.8. The summed E-state index contributed by atoms with van der Waals surface area (Å²) in [7, 11) is 0. The molecule has 158 valence electrons. The molecule has 28 heavy (non-hydrogen) atoms. The van der Waals surface area contributed by atoms with Gasteiger partial charge in [-0.2, -0.15) is 0 Å². The van der Waals surface area contributed by atoms with E-state index in [1.807, 2.05) is 46.1 Å². The van der Waals surface area contributed by atoms with Crippen LogP contribution < -0.4 is 0 Å². The van der Waals surface area contributed by atoms with E-state index in [0.717, 1.165) is 5.69 Å². The number of ether oxygens (including phenoxy) is 1. The SMILES string of the molecule is CCOC(=O)c1c(C)c(C(=O)C(C)N(CC(C)C)C(=O)C(C)C)c(C)n1CC. The molecule has 0 saturated carbocycles. The van der Waals surface area contributed by atoms with Crippen LogP contribution in [0.4, 0.5) is 0 Å². The third-order valence-electron chi connectivity index (χ3n) is 4.98. The molecule has 6 heteroatoms. The molecule has 1 heterocycles. The van der Waals surface area contributed by atoms with E-state index in [2.05, 4.69) is 0 Å². The zero-order valence-corrected chi connectivity index (χ0v) is 18.9. The molecule has 0 saturated heterocycles. The molecule has 1 aromatic heterocycles. The van der Waals surface area contributed by atoms with Gasteiger partial charge in [-0.15, -0.1) is 0 Å². The van der Waals surface area contributed by atoms with Gasteiger partial charge >= 0.3 is 5.97 Å². The summed E-state index contributed by atoms with van der Waals surface area (Å²) in [4.78, 5) is 40.3. The number of carbonyl (C=O) groups excluding carboxylic acids is 3. The summed E-state index contributed by atoms with van der Waals surface area (Å²) in [6.45, 7) is 18.2. The Morgan fingerprint density at radius 1 is 1.04 bits per heavy atom. The maximum Gasteiger partial charge on any atom is 0.355 e. The van der Waals surface area contributed by atoms with E-state index in [0.29, 0.717) is 29.9 Å². The van der Waals surface area contributed by atoms with Crippen LogP contribution in [0.2, 0.25) is 0 Å². The lowest BCUT2D eigenvalue weighted by Gasteiger charge is -2.31. The Balaban J connectivity index is 3.43. The smallest absolute Gasteiger partial charge is 0.355 e. The van der Waals surface area contributed by atoms with E-state index < -0.39 is 12.0 Å². The van der Waals surface area contributed by atoms with Crippen molar-refractivity contribution in [3.05, 3.63) is 22.5 Å². The van der Waals surface area contributed by atoms with Crippen molar-refractivity contribution in [3.8, 4) is 0 Å². The van der Waals surface area contributed by atoms with E-state index in [9.17, 15) is 14.4 Å². The summed E-state index contributed by atoms with van der Waals surface area (Å²) in [5, 5.41) is 0. The summed E-state index contributed by atoms with van der Waals surface area (Å²) >= 11 is 0. The van der Waals surface area contributed by atoms with Gasteiger partial charge in [0, 0.05) is 30.3 Å². The second-order valence-electron chi connectivity index (χ2n) is 7.98. The first kappa shape index (κ1) is 23.9. The molecule has 0 aromatic carbocycles. The molecule has 0 spiro atoms. The minimum absolute atomic E-state index is 0.0367. The molecule has 0 aliphatic carbocycles. The first-order valence-electron chi connectivity index (χ1n) is 10.2. The molecule has 0 radical (unpaired) electrons. The van der Waals surface area contributed by atoms with Crippen LogP contribution in [0.5, 0.6) is 0 Å². The molecular weight excluding hydrogens is 356 g/mol. The molecular formula is C22H36N2O4. The Hall–Kier alpha value is -2.11. The van der Waals surface area contributed by atoms with Gasteiger partial charge in [0.05, 0.1) is 12.6 Å². The number of nitrogens with zero attached hydrogens (tertiary/aromatic N) is 2. The molecule has 0 fully saturated rings. The average molecular weight is 393 g/mol. The topological polar surface area (TPSA) is 68.6 Å². The number of esters is 1. The highest BCUT2D eigenvalue weighted by Crippen LogP contribution is 2.26. The second-order valence-corrected chi connectivity index (χ2v) is 7.98. The van der Waals surface area contributed by atoms with E-state index in [1.54, 1.807) is 25.7 Å². The highest BCUT2D eigenvalue weighted by Gasteiger charge is 2.33. The third kappa shape index (κ3) is 4.83. The van der Waals surface area contributed by atoms with Crippen LogP contribution in [-0.4, -0.2) is 46.3 Å². The maximum absolute atomic E-state index is 13.4. The molecule has 0 N–H and O–H groups in total. The van der Waals surface area contributed by atoms with Crippen LogP contribution in [0.3, 0.4) is 0 Å². The normalized spacial score (nSPS) is 12.4. The van der Waals surface area contributed by atoms with E-state index >= 15 is 0 Å². The fraction of sp³-hybridized carbons (Fsp3) is 0.682. The molecule has 0 bridgehead atoms. The van der Waals surface area contributed by atoms with E-state index in [-0.39, 0.29) is 30.1 Å². The molecule has 6 nitrogen and oxygen atoms in total. The lowest BCUT2D eigenvalue weighted by Crippen LogP contribution is -2.47. The van der Waals surface area contributed by atoms with Gasteiger partial charge in [0.15, 0.2) is 5.78 Å². The van der Waals surface area contributed by atoms with Crippen molar-refractivity contribution < 1.29 is 19.1 Å². The van der Waals surface area contributed by atoms with Gasteiger partial charge in [-0.3, -0.25) is 9.59 Å². The van der Waals surface area contributed by atoms with Gasteiger partial charge in [0.25, 0.3) is 0 Å². The molecule has 0 aliphatic heterocycles. The van der Waals surface area contributed by atoms with Gasteiger partial charge in [-0.1, -0.05) is 27.7 Å². The Bertz CT molecular complexity index is 731. The first-order chi connectivity index (χ1) is 13.0. The number of aromatic nitrogens is 1.